The Morgan fingerprint density at radius 1 is 0.836 bits per heavy atom. The van der Waals surface area contributed by atoms with Gasteiger partial charge in [-0.05, 0) is 62.5 Å². The molecule has 1 aromatic carbocycles. The zero-order valence-corrected chi connectivity index (χ0v) is 46.3. The van der Waals surface area contributed by atoms with Gasteiger partial charge in [-0.2, -0.15) is 0 Å². The van der Waals surface area contributed by atoms with Gasteiger partial charge in [0.05, 0.1) is 87.5 Å². The van der Waals surface area contributed by atoms with Crippen LogP contribution in [0.5, 0.6) is 0 Å². The minimum absolute atomic E-state index is 0.00324. The van der Waals surface area contributed by atoms with E-state index in [1.807, 2.05) is 101 Å². The maximum absolute atomic E-state index is 14.7. The van der Waals surface area contributed by atoms with Gasteiger partial charge in [0, 0.05) is 59.0 Å². The molecule has 410 valence electrons. The van der Waals surface area contributed by atoms with Crippen molar-refractivity contribution >= 4 is 46.8 Å². The standard InChI is InChI=1S/C54H87N7O11S/c1-12-37(6)48(43(69-10)34-45(63)61-24-16-19-42(61)49(70-11)38(7)50(64)56-41(52-55-23-32-73-52)33-39-17-14-13-15-18-39)59(9)53(66)46(35(2)3)57-51(65)47(36(4)5)58(8)27-29-72-31-30-71-28-22-44(62)60-25-20-40(21-26-60)54(67)68/h13-15,17-18,23,32,35-38,40-43,46-49H,12,16,19-22,24-31,33-34H2,1-11H3,(H,56,64)(H,57,65)(H,67,68)/t37-,38+,41-,42-,43+,46-,47?,48-,49+/m0/s1. The number of methoxy groups -OCH3 is 2. The van der Waals surface area contributed by atoms with Gasteiger partial charge in [0.25, 0.3) is 0 Å². The number of hydrogen-bond acceptors (Lipinski definition) is 13. The van der Waals surface area contributed by atoms with Gasteiger partial charge >= 0.3 is 5.97 Å². The Labute approximate surface area is 438 Å². The number of carbonyl (C=O) groups excluding carboxylic acids is 5. The summed E-state index contributed by atoms with van der Waals surface area (Å²) in [7, 11) is 6.73. The molecule has 2 aliphatic rings. The second-order valence-corrected chi connectivity index (χ2v) is 21.5. The number of thiazole rings is 1. The second kappa shape index (κ2) is 30.7. The lowest BCUT2D eigenvalue weighted by Gasteiger charge is -2.41. The fourth-order valence-electron chi connectivity index (χ4n) is 10.4. The van der Waals surface area contributed by atoms with Crippen molar-refractivity contribution in [1.82, 2.24) is 35.2 Å². The van der Waals surface area contributed by atoms with Crippen LogP contribution in [0.4, 0.5) is 0 Å². The Hall–Kier alpha value is -4.53. The van der Waals surface area contributed by atoms with Crippen LogP contribution in [0.15, 0.2) is 41.9 Å². The highest BCUT2D eigenvalue weighted by Crippen LogP contribution is 2.31. The molecule has 0 radical (unpaired) electrons. The summed E-state index contributed by atoms with van der Waals surface area (Å²) in [5.74, 6) is -3.14. The van der Waals surface area contributed by atoms with Gasteiger partial charge < -0.3 is 49.4 Å². The van der Waals surface area contributed by atoms with E-state index in [0.29, 0.717) is 78.1 Å². The number of rotatable bonds is 31. The van der Waals surface area contributed by atoms with Gasteiger partial charge in [0.15, 0.2) is 0 Å². The highest BCUT2D eigenvalue weighted by Gasteiger charge is 2.43. The summed E-state index contributed by atoms with van der Waals surface area (Å²) in [6.45, 7) is 16.7. The van der Waals surface area contributed by atoms with Crippen LogP contribution in [0.3, 0.4) is 0 Å². The van der Waals surface area contributed by atoms with E-state index in [1.165, 1.54) is 11.3 Å². The van der Waals surface area contributed by atoms with Crippen molar-refractivity contribution in [2.24, 2.45) is 29.6 Å². The van der Waals surface area contributed by atoms with Crippen molar-refractivity contribution in [2.75, 3.05) is 80.9 Å². The third-order valence-corrected chi connectivity index (χ3v) is 15.7. The van der Waals surface area contributed by atoms with Gasteiger partial charge in [-0.3, -0.25) is 33.7 Å². The first-order chi connectivity index (χ1) is 34.8. The van der Waals surface area contributed by atoms with Crippen molar-refractivity contribution in [3.63, 3.8) is 0 Å². The fourth-order valence-corrected chi connectivity index (χ4v) is 11.1. The molecule has 0 spiro atoms. The molecule has 0 aliphatic carbocycles. The molecule has 1 aromatic heterocycles. The largest absolute Gasteiger partial charge is 0.481 e. The van der Waals surface area contributed by atoms with Crippen LogP contribution in [0.1, 0.15) is 110 Å². The number of carboxylic acids is 1. The van der Waals surface area contributed by atoms with Crippen molar-refractivity contribution < 1.29 is 52.8 Å². The van der Waals surface area contributed by atoms with Gasteiger partial charge in [0.2, 0.25) is 29.5 Å². The molecule has 19 heteroatoms. The molecule has 5 amide bonds. The van der Waals surface area contributed by atoms with E-state index in [1.54, 1.807) is 37.3 Å². The van der Waals surface area contributed by atoms with E-state index >= 15 is 0 Å². The molecule has 0 bridgehead atoms. The van der Waals surface area contributed by atoms with Gasteiger partial charge in [-0.25, -0.2) is 4.98 Å². The van der Waals surface area contributed by atoms with E-state index in [4.69, 9.17) is 18.9 Å². The Bertz CT molecular complexity index is 2000. The molecule has 2 fully saturated rings. The van der Waals surface area contributed by atoms with Crippen LogP contribution >= 0.6 is 11.3 Å². The molecule has 2 aromatic rings. The molecule has 1 unspecified atom stereocenters. The molecule has 0 saturated carbocycles. The van der Waals surface area contributed by atoms with Crippen LogP contribution in [0.25, 0.3) is 0 Å². The number of piperidine rings is 1. The van der Waals surface area contributed by atoms with Crippen molar-refractivity contribution in [3.05, 3.63) is 52.5 Å². The highest BCUT2D eigenvalue weighted by atomic mass is 32.1. The molecular formula is C54H87N7O11S. The van der Waals surface area contributed by atoms with E-state index in [9.17, 15) is 33.9 Å². The van der Waals surface area contributed by atoms with Gasteiger partial charge in [0.1, 0.15) is 11.0 Å². The first kappa shape index (κ1) is 61.0. The molecule has 18 nitrogen and oxygen atoms in total. The maximum atomic E-state index is 14.7. The molecule has 3 heterocycles. The zero-order valence-electron chi connectivity index (χ0n) is 45.5. The van der Waals surface area contributed by atoms with Crippen LogP contribution in [-0.4, -0.2) is 182 Å². The number of likely N-dealkylation sites (tertiary alicyclic amines) is 2. The normalized spacial score (nSPS) is 18.7. The molecule has 2 aliphatic heterocycles. The highest BCUT2D eigenvalue weighted by molar-refractivity contribution is 7.09. The van der Waals surface area contributed by atoms with Crippen LogP contribution in [0, 0.1) is 29.6 Å². The molecule has 73 heavy (non-hydrogen) atoms. The van der Waals surface area contributed by atoms with Crippen molar-refractivity contribution in [1.29, 1.82) is 0 Å². The minimum atomic E-state index is -0.857. The van der Waals surface area contributed by atoms with E-state index in [0.717, 1.165) is 17.0 Å². The molecule has 3 N–H and O–H groups in total. The lowest BCUT2D eigenvalue weighted by molar-refractivity contribution is -0.148. The monoisotopic (exact) mass is 1040 g/mol. The summed E-state index contributed by atoms with van der Waals surface area (Å²) in [6.07, 6.45) is 4.34. The number of ether oxygens (including phenoxy) is 4. The number of aromatic nitrogens is 1. The first-order valence-corrected chi connectivity index (χ1v) is 27.2. The average Bonchev–Trinajstić information content (AvgIpc) is 4.10. The Balaban J connectivity index is 1.33. The summed E-state index contributed by atoms with van der Waals surface area (Å²) in [5, 5.41) is 18.2. The Morgan fingerprint density at radius 3 is 2.08 bits per heavy atom. The number of benzene rings is 1. The third-order valence-electron chi connectivity index (χ3n) is 14.8. The number of carbonyl (C=O) groups is 6. The number of hydrogen-bond donors (Lipinski definition) is 3. The fraction of sp³-hybridized carbons (Fsp3) is 0.722. The van der Waals surface area contributed by atoms with Gasteiger partial charge in [-0.1, -0.05) is 85.2 Å². The lowest BCUT2D eigenvalue weighted by atomic mass is 9.89. The summed E-state index contributed by atoms with van der Waals surface area (Å²) < 4.78 is 23.6. The number of amides is 5. The second-order valence-electron chi connectivity index (χ2n) is 20.6. The Kier molecular flexibility index (Phi) is 25.7. The molecule has 9 atom stereocenters. The summed E-state index contributed by atoms with van der Waals surface area (Å²) in [6, 6.07) is 7.37. The summed E-state index contributed by atoms with van der Waals surface area (Å²) in [5.41, 5.74) is 1.08. The summed E-state index contributed by atoms with van der Waals surface area (Å²) in [4.78, 5) is 92.7. The SMILES string of the molecule is CC[C@H](C)[C@@H]([C@@H](CC(=O)N1CCC[C@H]1[C@H](OC)[C@@H](C)C(=O)N[C@@H](Cc1ccccc1)c1nccs1)OC)N(C)C(=O)[C@@H](NC(=O)C(C(C)C)N(C)CCOCCOCCC(=O)N1CCC(C(=O)O)CC1)C(C)C. The number of likely N-dealkylation sites (N-methyl/N-ethyl adjacent to an activating group) is 2. The van der Waals surface area contributed by atoms with E-state index < -0.39 is 48.1 Å². The van der Waals surface area contributed by atoms with Crippen molar-refractivity contribution in [2.45, 2.75) is 142 Å². The van der Waals surface area contributed by atoms with Gasteiger partial charge in [-0.15, -0.1) is 11.3 Å². The number of nitrogens with one attached hydrogen (secondary N) is 2. The molecular weight excluding hydrogens is 955 g/mol. The first-order valence-electron chi connectivity index (χ1n) is 26.4. The molecule has 2 saturated heterocycles. The van der Waals surface area contributed by atoms with Crippen LogP contribution < -0.4 is 10.6 Å². The van der Waals surface area contributed by atoms with Crippen LogP contribution in [0.2, 0.25) is 0 Å². The number of nitrogens with zero attached hydrogens (tertiary/aromatic N) is 5. The molecule has 4 rings (SSSR count). The quantitative estimate of drug-likeness (QED) is 0.0820. The number of aliphatic carboxylic acids is 1. The minimum Gasteiger partial charge on any atom is -0.481 e. The third kappa shape index (κ3) is 17.8. The summed E-state index contributed by atoms with van der Waals surface area (Å²) >= 11 is 1.49. The maximum Gasteiger partial charge on any atom is 0.306 e. The lowest BCUT2D eigenvalue weighted by Crippen LogP contribution is -2.60. The predicted molar refractivity (Wildman–Crippen MR) is 280 cm³/mol. The van der Waals surface area contributed by atoms with E-state index in [2.05, 4.69) is 15.6 Å². The number of carboxylic acid groups (broad SMARTS) is 1. The smallest absolute Gasteiger partial charge is 0.306 e. The Morgan fingerprint density at radius 2 is 1.51 bits per heavy atom. The topological polar surface area (TPSA) is 209 Å². The zero-order chi connectivity index (χ0) is 53.8. The van der Waals surface area contributed by atoms with Crippen molar-refractivity contribution in [3.8, 4) is 0 Å². The van der Waals surface area contributed by atoms with E-state index in [-0.39, 0.29) is 78.8 Å². The average molecular weight is 1040 g/mol. The predicted octanol–water partition coefficient (Wildman–Crippen LogP) is 5.31. The van der Waals surface area contributed by atoms with Crippen LogP contribution in [-0.2, 0) is 54.1 Å².